The first kappa shape index (κ1) is 14.1. The third-order valence-electron chi connectivity index (χ3n) is 2.52. The van der Waals surface area contributed by atoms with Crippen LogP contribution in [0.15, 0.2) is 18.2 Å². The van der Waals surface area contributed by atoms with Crippen molar-refractivity contribution in [3.63, 3.8) is 0 Å². The molecule has 19 heavy (non-hydrogen) atoms. The number of benzene rings is 1. The van der Waals surface area contributed by atoms with E-state index < -0.39 is 11.7 Å². The van der Waals surface area contributed by atoms with E-state index in [2.05, 4.69) is 10.2 Å². The first-order valence-corrected chi connectivity index (χ1v) is 6.07. The van der Waals surface area contributed by atoms with E-state index in [4.69, 9.17) is 23.2 Å². The summed E-state index contributed by atoms with van der Waals surface area (Å²) < 4.78 is 39.1. The van der Waals surface area contributed by atoms with Gasteiger partial charge < -0.3 is 0 Å². The Balaban J connectivity index is 2.55. The highest BCUT2D eigenvalue weighted by atomic mass is 35.5. The first-order chi connectivity index (χ1) is 8.84. The fourth-order valence-electron chi connectivity index (χ4n) is 1.63. The number of aromatic nitrogens is 3. The van der Waals surface area contributed by atoms with Crippen LogP contribution in [0.25, 0.3) is 5.69 Å². The van der Waals surface area contributed by atoms with Gasteiger partial charge in [0.05, 0.1) is 16.3 Å². The Morgan fingerprint density at radius 2 is 1.89 bits per heavy atom. The van der Waals surface area contributed by atoms with Gasteiger partial charge in [0.2, 0.25) is 5.28 Å². The minimum atomic E-state index is -4.44. The summed E-state index contributed by atoms with van der Waals surface area (Å²) in [7, 11) is 0. The molecule has 0 spiro atoms. The Kier molecular flexibility index (Phi) is 3.73. The zero-order chi connectivity index (χ0) is 14.2. The van der Waals surface area contributed by atoms with Crippen LogP contribution in [-0.2, 0) is 12.6 Å². The molecule has 0 amide bonds. The van der Waals surface area contributed by atoms with Gasteiger partial charge in [-0.1, -0.05) is 18.5 Å². The van der Waals surface area contributed by atoms with E-state index in [9.17, 15) is 13.2 Å². The third-order valence-corrected chi connectivity index (χ3v) is 3.07. The predicted octanol–water partition coefficient (Wildman–Crippen LogP) is 4.16. The van der Waals surface area contributed by atoms with Gasteiger partial charge in [-0.3, -0.25) is 4.57 Å². The number of rotatable bonds is 2. The van der Waals surface area contributed by atoms with Gasteiger partial charge >= 0.3 is 6.18 Å². The number of alkyl halides is 3. The summed E-state index contributed by atoms with van der Waals surface area (Å²) in [6.45, 7) is 1.83. The van der Waals surface area contributed by atoms with E-state index in [-0.39, 0.29) is 10.3 Å². The number of aryl methyl sites for hydroxylation is 1. The second kappa shape index (κ2) is 5.02. The molecular weight excluding hydrogens is 302 g/mol. The zero-order valence-corrected chi connectivity index (χ0v) is 11.2. The molecule has 1 heterocycles. The van der Waals surface area contributed by atoms with Crippen molar-refractivity contribution in [2.24, 2.45) is 0 Å². The van der Waals surface area contributed by atoms with Crippen LogP contribution in [0, 0.1) is 0 Å². The summed E-state index contributed by atoms with van der Waals surface area (Å²) in [6, 6.07) is 3.04. The van der Waals surface area contributed by atoms with Gasteiger partial charge in [0, 0.05) is 6.42 Å². The van der Waals surface area contributed by atoms with Crippen molar-refractivity contribution in [2.45, 2.75) is 19.5 Å². The number of hydrogen-bond acceptors (Lipinski definition) is 2. The SMILES string of the molecule is CCc1nnc(Cl)n1-c1ccc(C(F)(F)F)cc1Cl. The highest BCUT2D eigenvalue weighted by Gasteiger charge is 2.31. The summed E-state index contributed by atoms with van der Waals surface area (Å²) in [5.74, 6) is 0.520. The maximum atomic E-state index is 12.6. The van der Waals surface area contributed by atoms with Gasteiger partial charge in [0.25, 0.3) is 0 Å². The summed E-state index contributed by atoms with van der Waals surface area (Å²) in [4.78, 5) is 0. The van der Waals surface area contributed by atoms with Crippen LogP contribution in [0.4, 0.5) is 13.2 Å². The quantitative estimate of drug-likeness (QED) is 0.834. The lowest BCUT2D eigenvalue weighted by atomic mass is 10.2. The zero-order valence-electron chi connectivity index (χ0n) is 9.67. The Labute approximate surface area is 117 Å². The van der Waals surface area contributed by atoms with Crippen LogP contribution in [0.3, 0.4) is 0 Å². The lowest BCUT2D eigenvalue weighted by molar-refractivity contribution is -0.137. The van der Waals surface area contributed by atoms with Crippen LogP contribution in [0.5, 0.6) is 0 Å². The van der Waals surface area contributed by atoms with E-state index in [0.717, 1.165) is 12.1 Å². The second-order valence-electron chi connectivity index (χ2n) is 3.74. The molecule has 0 saturated carbocycles. The molecule has 102 valence electrons. The van der Waals surface area contributed by atoms with Crippen molar-refractivity contribution in [3.8, 4) is 5.69 Å². The van der Waals surface area contributed by atoms with Crippen molar-refractivity contribution >= 4 is 23.2 Å². The van der Waals surface area contributed by atoms with Crippen molar-refractivity contribution in [2.75, 3.05) is 0 Å². The van der Waals surface area contributed by atoms with Crippen LogP contribution >= 0.6 is 23.2 Å². The van der Waals surface area contributed by atoms with Gasteiger partial charge in [0.15, 0.2) is 0 Å². The standard InChI is InChI=1S/C11H8Cl2F3N3/c1-2-9-17-18-10(13)19(9)8-4-3-6(5-7(8)12)11(14,15)16/h3-5H,2H2,1H3. The number of nitrogens with zero attached hydrogens (tertiary/aromatic N) is 3. The van der Waals surface area contributed by atoms with Gasteiger partial charge in [-0.05, 0) is 29.8 Å². The lowest BCUT2D eigenvalue weighted by Crippen LogP contribution is -2.07. The van der Waals surface area contributed by atoms with Crippen molar-refractivity contribution in [1.82, 2.24) is 14.8 Å². The lowest BCUT2D eigenvalue weighted by Gasteiger charge is -2.12. The average Bonchev–Trinajstić information content (AvgIpc) is 2.69. The maximum absolute atomic E-state index is 12.6. The maximum Gasteiger partial charge on any atom is 0.416 e. The Morgan fingerprint density at radius 3 is 2.42 bits per heavy atom. The molecule has 0 N–H and O–H groups in total. The topological polar surface area (TPSA) is 30.7 Å². The average molecular weight is 310 g/mol. The monoisotopic (exact) mass is 309 g/mol. The molecule has 0 unspecified atom stereocenters. The second-order valence-corrected chi connectivity index (χ2v) is 4.48. The number of halogens is 5. The van der Waals surface area contributed by atoms with Gasteiger partial charge in [0.1, 0.15) is 5.82 Å². The van der Waals surface area contributed by atoms with Crippen molar-refractivity contribution < 1.29 is 13.2 Å². The Hall–Kier alpha value is -1.27. The highest BCUT2D eigenvalue weighted by molar-refractivity contribution is 6.33. The largest absolute Gasteiger partial charge is 0.416 e. The molecule has 1 aromatic heterocycles. The number of hydrogen-bond donors (Lipinski definition) is 0. The van der Waals surface area contributed by atoms with Crippen molar-refractivity contribution in [1.29, 1.82) is 0 Å². The summed E-state index contributed by atoms with van der Waals surface area (Å²) >= 11 is 11.8. The molecule has 2 rings (SSSR count). The highest BCUT2D eigenvalue weighted by Crippen LogP contribution is 2.34. The minimum Gasteiger partial charge on any atom is -0.268 e. The Morgan fingerprint density at radius 1 is 1.21 bits per heavy atom. The minimum absolute atomic E-state index is 0.0542. The summed E-state index contributed by atoms with van der Waals surface area (Å²) in [6.07, 6.45) is -3.91. The molecule has 0 aliphatic heterocycles. The van der Waals surface area contributed by atoms with Crippen LogP contribution < -0.4 is 0 Å². The molecule has 0 bridgehead atoms. The van der Waals surface area contributed by atoms with Gasteiger partial charge in [-0.25, -0.2) is 0 Å². The fourth-order valence-corrected chi connectivity index (χ4v) is 2.12. The van der Waals surface area contributed by atoms with Crippen LogP contribution in [0.1, 0.15) is 18.3 Å². The molecule has 1 aromatic carbocycles. The molecule has 0 radical (unpaired) electrons. The molecule has 0 atom stereocenters. The first-order valence-electron chi connectivity index (χ1n) is 5.31. The molecule has 0 aliphatic carbocycles. The molecule has 2 aromatic rings. The summed E-state index contributed by atoms with van der Waals surface area (Å²) in [5, 5.41) is 7.49. The molecule has 0 fully saturated rings. The molecular formula is C11H8Cl2F3N3. The molecule has 0 saturated heterocycles. The van der Waals surface area contributed by atoms with Gasteiger partial charge in [-0.2, -0.15) is 13.2 Å². The third kappa shape index (κ3) is 2.69. The predicted molar refractivity (Wildman–Crippen MR) is 65.8 cm³/mol. The van der Waals surface area contributed by atoms with E-state index in [1.165, 1.54) is 10.6 Å². The van der Waals surface area contributed by atoms with E-state index in [1.54, 1.807) is 0 Å². The van der Waals surface area contributed by atoms with E-state index in [1.807, 2.05) is 6.92 Å². The fraction of sp³-hybridized carbons (Fsp3) is 0.273. The Bertz CT molecular complexity index is 608. The van der Waals surface area contributed by atoms with Crippen LogP contribution in [-0.4, -0.2) is 14.8 Å². The van der Waals surface area contributed by atoms with E-state index >= 15 is 0 Å². The van der Waals surface area contributed by atoms with Crippen LogP contribution in [0.2, 0.25) is 10.3 Å². The van der Waals surface area contributed by atoms with Gasteiger partial charge in [-0.15, -0.1) is 10.2 Å². The molecule has 8 heteroatoms. The summed E-state index contributed by atoms with van der Waals surface area (Å²) in [5.41, 5.74) is -0.495. The normalized spacial score (nSPS) is 11.9. The van der Waals surface area contributed by atoms with Crippen molar-refractivity contribution in [3.05, 3.63) is 39.9 Å². The molecule has 0 aliphatic rings. The molecule has 3 nitrogen and oxygen atoms in total. The smallest absolute Gasteiger partial charge is 0.268 e. The van der Waals surface area contributed by atoms with E-state index in [0.29, 0.717) is 17.9 Å².